The van der Waals surface area contributed by atoms with Gasteiger partial charge in [-0.05, 0) is 47.6 Å². The van der Waals surface area contributed by atoms with E-state index >= 15 is 0 Å². The monoisotopic (exact) mass is 309 g/mol. The van der Waals surface area contributed by atoms with E-state index in [1.165, 1.54) is 49.3 Å². The molecule has 98 valence electrons. The van der Waals surface area contributed by atoms with Crippen molar-refractivity contribution in [3.8, 4) is 0 Å². The molecule has 3 rings (SSSR count). The highest BCUT2D eigenvalue weighted by molar-refractivity contribution is 9.10. The van der Waals surface area contributed by atoms with Crippen LogP contribution < -0.4 is 10.2 Å². The number of benzene rings is 1. The molecule has 3 nitrogen and oxygen atoms in total. The van der Waals surface area contributed by atoms with Crippen LogP contribution in [0.25, 0.3) is 0 Å². The van der Waals surface area contributed by atoms with Crippen molar-refractivity contribution in [3.05, 3.63) is 28.7 Å². The van der Waals surface area contributed by atoms with E-state index in [1.807, 2.05) is 0 Å². The number of anilines is 1. The largest absolute Gasteiger partial charge is 0.367 e. The van der Waals surface area contributed by atoms with Crippen LogP contribution in [-0.2, 0) is 0 Å². The second-order valence-electron chi connectivity index (χ2n) is 5.15. The van der Waals surface area contributed by atoms with Crippen molar-refractivity contribution in [2.75, 3.05) is 44.2 Å². The number of hydrogen-bond acceptors (Lipinski definition) is 3. The normalized spacial score (nSPS) is 22.6. The van der Waals surface area contributed by atoms with E-state index < -0.39 is 0 Å². The van der Waals surface area contributed by atoms with Crippen LogP contribution >= 0.6 is 15.9 Å². The molecular formula is C14H20BrN3. The van der Waals surface area contributed by atoms with Gasteiger partial charge >= 0.3 is 0 Å². The topological polar surface area (TPSA) is 18.5 Å². The Labute approximate surface area is 117 Å². The Kier molecular flexibility index (Phi) is 3.87. The molecule has 0 amide bonds. The van der Waals surface area contributed by atoms with E-state index in [2.05, 4.69) is 55.3 Å². The first kappa shape index (κ1) is 12.5. The molecule has 0 bridgehead atoms. The maximum atomic E-state index is 3.63. The zero-order valence-corrected chi connectivity index (χ0v) is 12.2. The molecule has 0 aromatic heterocycles. The Morgan fingerprint density at radius 3 is 2.78 bits per heavy atom. The third-order valence-corrected chi connectivity index (χ3v) is 4.62. The highest BCUT2D eigenvalue weighted by Crippen LogP contribution is 2.30. The van der Waals surface area contributed by atoms with Crippen LogP contribution in [0.5, 0.6) is 0 Å². The van der Waals surface area contributed by atoms with Crippen LogP contribution in [-0.4, -0.2) is 50.2 Å². The van der Waals surface area contributed by atoms with Gasteiger partial charge in [0.25, 0.3) is 0 Å². The summed E-state index contributed by atoms with van der Waals surface area (Å²) in [7, 11) is 0. The first-order valence-corrected chi connectivity index (χ1v) is 7.58. The average molecular weight is 310 g/mol. The first-order valence-electron chi connectivity index (χ1n) is 6.79. The summed E-state index contributed by atoms with van der Waals surface area (Å²) in [6, 6.07) is 9.26. The van der Waals surface area contributed by atoms with Gasteiger partial charge in [0.2, 0.25) is 0 Å². The minimum absolute atomic E-state index is 0.747. The third-order valence-electron chi connectivity index (χ3n) is 3.95. The minimum Gasteiger partial charge on any atom is -0.367 e. The lowest BCUT2D eigenvalue weighted by Crippen LogP contribution is -2.60. The molecule has 2 aliphatic rings. The maximum absolute atomic E-state index is 3.63. The summed E-state index contributed by atoms with van der Waals surface area (Å²) in [5, 5.41) is 3.47. The fraction of sp³-hybridized carbons (Fsp3) is 0.571. The lowest BCUT2D eigenvalue weighted by atomic mass is 10.1. The molecule has 0 unspecified atom stereocenters. The van der Waals surface area contributed by atoms with Crippen LogP contribution in [0.4, 0.5) is 5.69 Å². The molecule has 2 aliphatic heterocycles. The predicted octanol–water partition coefficient (Wildman–Crippen LogP) is 1.93. The van der Waals surface area contributed by atoms with E-state index in [9.17, 15) is 0 Å². The molecule has 4 heteroatoms. The van der Waals surface area contributed by atoms with Gasteiger partial charge in [-0.1, -0.05) is 12.1 Å². The molecular weight excluding hydrogens is 290 g/mol. The van der Waals surface area contributed by atoms with Gasteiger partial charge in [0.05, 0.1) is 5.69 Å². The number of rotatable bonds is 2. The fourth-order valence-electron chi connectivity index (χ4n) is 2.82. The standard InChI is InChI=1S/C14H20BrN3/c15-13-4-1-2-5-14(13)18-10-12(11-18)17-8-3-6-16-7-9-17/h1-2,4-5,12,16H,3,6-11H2. The van der Waals surface area contributed by atoms with Crippen molar-refractivity contribution in [1.29, 1.82) is 0 Å². The summed E-state index contributed by atoms with van der Waals surface area (Å²) in [4.78, 5) is 5.11. The van der Waals surface area contributed by atoms with Gasteiger partial charge in [0.1, 0.15) is 0 Å². The Bertz CT molecular complexity index is 396. The summed E-state index contributed by atoms with van der Waals surface area (Å²) in [6.07, 6.45) is 1.28. The highest BCUT2D eigenvalue weighted by atomic mass is 79.9. The molecule has 0 aliphatic carbocycles. The lowest BCUT2D eigenvalue weighted by Gasteiger charge is -2.46. The van der Waals surface area contributed by atoms with Gasteiger partial charge in [-0.15, -0.1) is 0 Å². The van der Waals surface area contributed by atoms with E-state index in [-0.39, 0.29) is 0 Å². The lowest BCUT2D eigenvalue weighted by molar-refractivity contribution is 0.177. The van der Waals surface area contributed by atoms with Crippen LogP contribution in [0.15, 0.2) is 28.7 Å². The van der Waals surface area contributed by atoms with Gasteiger partial charge in [-0.2, -0.15) is 0 Å². The quantitative estimate of drug-likeness (QED) is 0.900. The van der Waals surface area contributed by atoms with Crippen molar-refractivity contribution < 1.29 is 0 Å². The zero-order chi connectivity index (χ0) is 12.4. The minimum atomic E-state index is 0.747. The molecule has 1 N–H and O–H groups in total. The zero-order valence-electron chi connectivity index (χ0n) is 10.6. The molecule has 2 fully saturated rings. The number of para-hydroxylation sites is 1. The van der Waals surface area contributed by atoms with Crippen molar-refractivity contribution in [2.24, 2.45) is 0 Å². The van der Waals surface area contributed by atoms with E-state index in [1.54, 1.807) is 0 Å². The van der Waals surface area contributed by atoms with Crippen molar-refractivity contribution in [3.63, 3.8) is 0 Å². The highest BCUT2D eigenvalue weighted by Gasteiger charge is 2.32. The smallest absolute Gasteiger partial charge is 0.0511 e. The summed E-state index contributed by atoms with van der Waals surface area (Å²) in [5.41, 5.74) is 1.33. The maximum Gasteiger partial charge on any atom is 0.0511 e. The van der Waals surface area contributed by atoms with Gasteiger partial charge in [-0.3, -0.25) is 4.90 Å². The number of halogens is 1. The number of hydrogen-bond donors (Lipinski definition) is 1. The molecule has 0 spiro atoms. The molecule has 0 atom stereocenters. The number of nitrogens with zero attached hydrogens (tertiary/aromatic N) is 2. The molecule has 0 saturated carbocycles. The Hall–Kier alpha value is -0.580. The molecule has 2 heterocycles. The van der Waals surface area contributed by atoms with Crippen molar-refractivity contribution in [1.82, 2.24) is 10.2 Å². The summed E-state index contributed by atoms with van der Waals surface area (Å²) in [6.45, 7) is 7.11. The van der Waals surface area contributed by atoms with E-state index in [0.717, 1.165) is 12.6 Å². The SMILES string of the molecule is Brc1ccccc1N1CC(N2CCCNCC2)C1. The Morgan fingerprint density at radius 1 is 1.11 bits per heavy atom. The van der Waals surface area contributed by atoms with Crippen LogP contribution in [0.1, 0.15) is 6.42 Å². The van der Waals surface area contributed by atoms with Gasteiger partial charge in [0.15, 0.2) is 0 Å². The van der Waals surface area contributed by atoms with Crippen LogP contribution in [0, 0.1) is 0 Å². The molecule has 18 heavy (non-hydrogen) atoms. The fourth-order valence-corrected chi connectivity index (χ4v) is 3.36. The predicted molar refractivity (Wildman–Crippen MR) is 79.2 cm³/mol. The van der Waals surface area contributed by atoms with Crippen molar-refractivity contribution >= 4 is 21.6 Å². The van der Waals surface area contributed by atoms with E-state index in [0.29, 0.717) is 0 Å². The summed E-state index contributed by atoms with van der Waals surface area (Å²) in [5.74, 6) is 0. The van der Waals surface area contributed by atoms with Crippen LogP contribution in [0.3, 0.4) is 0 Å². The second kappa shape index (κ2) is 5.59. The molecule has 1 aromatic rings. The molecule has 2 saturated heterocycles. The Balaban J connectivity index is 1.58. The molecule has 0 radical (unpaired) electrons. The first-order chi connectivity index (χ1) is 8.84. The Morgan fingerprint density at radius 2 is 1.94 bits per heavy atom. The van der Waals surface area contributed by atoms with Gasteiger partial charge < -0.3 is 10.2 Å². The van der Waals surface area contributed by atoms with Gasteiger partial charge in [0, 0.05) is 36.7 Å². The molecule has 1 aromatic carbocycles. The van der Waals surface area contributed by atoms with Crippen LogP contribution in [0.2, 0.25) is 0 Å². The van der Waals surface area contributed by atoms with E-state index in [4.69, 9.17) is 0 Å². The third kappa shape index (κ3) is 2.56. The summed E-state index contributed by atoms with van der Waals surface area (Å²) < 4.78 is 1.21. The van der Waals surface area contributed by atoms with Crippen molar-refractivity contribution in [2.45, 2.75) is 12.5 Å². The second-order valence-corrected chi connectivity index (χ2v) is 6.00. The summed E-state index contributed by atoms with van der Waals surface area (Å²) >= 11 is 3.63. The van der Waals surface area contributed by atoms with Gasteiger partial charge in [-0.25, -0.2) is 0 Å². The average Bonchev–Trinajstić information content (AvgIpc) is 2.59. The number of nitrogens with one attached hydrogen (secondary N) is 1.